The number of aromatic nitrogens is 1. The molecule has 92 valence electrons. The van der Waals surface area contributed by atoms with E-state index in [-0.39, 0.29) is 0 Å². The smallest absolute Gasteiger partial charge is 0.0812 e. The highest BCUT2D eigenvalue weighted by Crippen LogP contribution is 2.15. The van der Waals surface area contributed by atoms with Gasteiger partial charge in [-0.1, -0.05) is 12.1 Å². The Balaban J connectivity index is 0.000000128. The highest BCUT2D eigenvalue weighted by molar-refractivity contribution is 7.94. The van der Waals surface area contributed by atoms with Crippen LogP contribution in [0, 0.1) is 0 Å². The van der Waals surface area contributed by atoms with Crippen LogP contribution in [0.1, 0.15) is 0 Å². The summed E-state index contributed by atoms with van der Waals surface area (Å²) in [6.45, 7) is 3.57. The molecular formula is C11H15N3OS2. The molecule has 1 aliphatic rings. The first-order chi connectivity index (χ1) is 8.40. The van der Waals surface area contributed by atoms with E-state index in [1.165, 1.54) is 16.8 Å². The van der Waals surface area contributed by atoms with Crippen LogP contribution in [0.25, 0.3) is 10.2 Å². The molecule has 0 unspecified atom stereocenters. The number of thiazole rings is 1. The van der Waals surface area contributed by atoms with Crippen molar-refractivity contribution < 1.29 is 4.74 Å². The number of nitrogens with zero attached hydrogens (tertiary/aromatic N) is 2. The normalized spacial score (nSPS) is 16.5. The van der Waals surface area contributed by atoms with Crippen LogP contribution in [-0.4, -0.2) is 35.6 Å². The van der Waals surface area contributed by atoms with Gasteiger partial charge in [-0.15, -0.1) is 11.3 Å². The lowest BCUT2D eigenvalue weighted by atomic mass is 10.3. The molecule has 1 aromatic heterocycles. The number of ether oxygens (including phenoxy) is 1. The lowest BCUT2D eigenvalue weighted by Crippen LogP contribution is -2.32. The molecule has 17 heavy (non-hydrogen) atoms. The van der Waals surface area contributed by atoms with Crippen LogP contribution in [0.3, 0.4) is 0 Å². The summed E-state index contributed by atoms with van der Waals surface area (Å²) in [6, 6.07) is 8.13. The van der Waals surface area contributed by atoms with Gasteiger partial charge in [0.25, 0.3) is 0 Å². The molecule has 0 atom stereocenters. The van der Waals surface area contributed by atoms with Crippen LogP contribution in [0.2, 0.25) is 0 Å². The van der Waals surface area contributed by atoms with Crippen molar-refractivity contribution in [2.24, 2.45) is 5.14 Å². The molecule has 0 spiro atoms. The van der Waals surface area contributed by atoms with Gasteiger partial charge in [-0.25, -0.2) is 9.29 Å². The van der Waals surface area contributed by atoms with E-state index < -0.39 is 0 Å². The summed E-state index contributed by atoms with van der Waals surface area (Å²) in [5.41, 5.74) is 2.97. The number of benzene rings is 1. The van der Waals surface area contributed by atoms with Crippen molar-refractivity contribution >= 4 is 33.7 Å². The molecule has 1 aromatic carbocycles. The van der Waals surface area contributed by atoms with Crippen LogP contribution in [0.5, 0.6) is 0 Å². The van der Waals surface area contributed by atoms with Crippen molar-refractivity contribution in [2.75, 3.05) is 26.3 Å². The van der Waals surface area contributed by atoms with Gasteiger partial charge in [0.05, 0.1) is 28.9 Å². The van der Waals surface area contributed by atoms with Crippen LogP contribution in [-0.2, 0) is 4.74 Å². The van der Waals surface area contributed by atoms with Crippen LogP contribution in [0.4, 0.5) is 0 Å². The number of rotatable bonds is 1. The van der Waals surface area contributed by atoms with E-state index >= 15 is 0 Å². The van der Waals surface area contributed by atoms with E-state index in [4.69, 9.17) is 9.88 Å². The van der Waals surface area contributed by atoms with Gasteiger partial charge in [-0.05, 0) is 12.1 Å². The molecule has 3 rings (SSSR count). The van der Waals surface area contributed by atoms with E-state index in [1.807, 2.05) is 23.7 Å². The molecule has 2 N–H and O–H groups in total. The van der Waals surface area contributed by atoms with Gasteiger partial charge < -0.3 is 4.74 Å². The predicted octanol–water partition coefficient (Wildman–Crippen LogP) is 2.14. The Hall–Kier alpha value is -0.660. The zero-order valence-electron chi connectivity index (χ0n) is 9.41. The minimum absolute atomic E-state index is 0.824. The SMILES string of the molecule is NSN1CCOCC1.c1ccc2scnc2c1. The van der Waals surface area contributed by atoms with Gasteiger partial charge in [-0.2, -0.15) is 0 Å². The Morgan fingerprint density at radius 1 is 1.29 bits per heavy atom. The molecule has 0 bridgehead atoms. The first-order valence-electron chi connectivity index (χ1n) is 5.38. The van der Waals surface area contributed by atoms with Crippen molar-refractivity contribution in [3.63, 3.8) is 0 Å². The van der Waals surface area contributed by atoms with Gasteiger partial charge in [0.15, 0.2) is 0 Å². The van der Waals surface area contributed by atoms with E-state index in [2.05, 4.69) is 15.4 Å². The zero-order valence-corrected chi connectivity index (χ0v) is 11.0. The molecule has 0 radical (unpaired) electrons. The molecule has 0 aliphatic carbocycles. The Labute approximate surface area is 109 Å². The summed E-state index contributed by atoms with van der Waals surface area (Å²) >= 11 is 2.98. The lowest BCUT2D eigenvalue weighted by molar-refractivity contribution is 0.0773. The molecule has 1 saturated heterocycles. The van der Waals surface area contributed by atoms with Crippen LogP contribution >= 0.6 is 23.5 Å². The minimum atomic E-state index is 0.824. The summed E-state index contributed by atoms with van der Waals surface area (Å²) in [5, 5.41) is 5.29. The fraction of sp³-hybridized carbons (Fsp3) is 0.364. The summed E-state index contributed by atoms with van der Waals surface area (Å²) in [4.78, 5) is 4.14. The third kappa shape index (κ3) is 3.93. The topological polar surface area (TPSA) is 51.4 Å². The number of morpholine rings is 1. The monoisotopic (exact) mass is 269 g/mol. The van der Waals surface area contributed by atoms with E-state index in [0.29, 0.717) is 0 Å². The molecule has 1 fully saturated rings. The third-order valence-electron chi connectivity index (χ3n) is 2.36. The molecule has 0 amide bonds. The number of para-hydroxylation sites is 1. The molecular weight excluding hydrogens is 254 g/mol. The highest BCUT2D eigenvalue weighted by Gasteiger charge is 2.07. The number of fused-ring (bicyclic) bond motifs is 1. The summed E-state index contributed by atoms with van der Waals surface area (Å²) in [6.07, 6.45) is 0. The second kappa shape index (κ2) is 6.93. The Kier molecular flexibility index (Phi) is 5.21. The highest BCUT2D eigenvalue weighted by atomic mass is 32.2. The van der Waals surface area contributed by atoms with Crippen molar-refractivity contribution in [2.45, 2.75) is 0 Å². The molecule has 2 aromatic rings. The second-order valence-corrected chi connectivity index (χ2v) is 5.08. The number of hydrogen-bond donors (Lipinski definition) is 1. The maximum Gasteiger partial charge on any atom is 0.0812 e. The molecule has 4 nitrogen and oxygen atoms in total. The van der Waals surface area contributed by atoms with Crippen LogP contribution < -0.4 is 5.14 Å². The van der Waals surface area contributed by atoms with Crippen molar-refractivity contribution in [3.05, 3.63) is 29.8 Å². The van der Waals surface area contributed by atoms with Gasteiger partial charge in [0, 0.05) is 25.2 Å². The average Bonchev–Trinajstić information content (AvgIpc) is 2.89. The minimum Gasteiger partial charge on any atom is -0.379 e. The van der Waals surface area contributed by atoms with E-state index in [0.717, 1.165) is 31.8 Å². The maximum absolute atomic E-state index is 5.29. The standard InChI is InChI=1S/C7H5NS.C4H10N2OS/c1-2-4-7-6(3-1)8-5-9-7;5-8-6-1-3-7-4-2-6/h1-5H;1-5H2. The van der Waals surface area contributed by atoms with Crippen molar-refractivity contribution in [3.8, 4) is 0 Å². The summed E-state index contributed by atoms with van der Waals surface area (Å²) < 4.78 is 8.44. The Morgan fingerprint density at radius 2 is 2.06 bits per heavy atom. The summed E-state index contributed by atoms with van der Waals surface area (Å²) in [5.74, 6) is 0. The average molecular weight is 269 g/mol. The Morgan fingerprint density at radius 3 is 2.71 bits per heavy atom. The molecule has 2 heterocycles. The molecule has 6 heteroatoms. The molecule has 0 saturated carbocycles. The van der Waals surface area contributed by atoms with Crippen molar-refractivity contribution in [1.82, 2.24) is 9.29 Å². The summed E-state index contributed by atoms with van der Waals surface area (Å²) in [7, 11) is 0. The van der Waals surface area contributed by atoms with Crippen LogP contribution in [0.15, 0.2) is 29.8 Å². The first-order valence-corrected chi connectivity index (χ1v) is 7.09. The predicted molar refractivity (Wildman–Crippen MR) is 73.8 cm³/mol. The van der Waals surface area contributed by atoms with Gasteiger partial charge in [0.2, 0.25) is 0 Å². The third-order valence-corrected chi connectivity index (χ3v) is 3.83. The largest absolute Gasteiger partial charge is 0.379 e. The zero-order chi connectivity index (χ0) is 11.9. The fourth-order valence-electron chi connectivity index (χ4n) is 1.46. The van der Waals surface area contributed by atoms with Gasteiger partial charge in [0.1, 0.15) is 0 Å². The second-order valence-electron chi connectivity index (χ2n) is 3.47. The van der Waals surface area contributed by atoms with E-state index in [1.54, 1.807) is 11.3 Å². The lowest BCUT2D eigenvalue weighted by Gasteiger charge is -2.22. The quantitative estimate of drug-likeness (QED) is 0.804. The fourth-order valence-corrected chi connectivity index (χ4v) is 2.49. The molecule has 1 aliphatic heterocycles. The first kappa shape index (κ1) is 12.8. The van der Waals surface area contributed by atoms with Gasteiger partial charge >= 0.3 is 0 Å². The van der Waals surface area contributed by atoms with Gasteiger partial charge in [-0.3, -0.25) is 5.14 Å². The Bertz CT molecular complexity index is 413. The van der Waals surface area contributed by atoms with Crippen molar-refractivity contribution in [1.29, 1.82) is 0 Å². The number of hydrogen-bond acceptors (Lipinski definition) is 6. The maximum atomic E-state index is 5.29. The van der Waals surface area contributed by atoms with E-state index in [9.17, 15) is 0 Å². The number of nitrogens with two attached hydrogens (primary N) is 1.